The smallest absolute Gasteiger partial charge is 0.0241 e. The van der Waals surface area contributed by atoms with Gasteiger partial charge in [0.25, 0.3) is 0 Å². The van der Waals surface area contributed by atoms with Crippen molar-refractivity contribution in [3.8, 4) is 0 Å². The molecular weight excluding hydrogens is 112 g/mol. The lowest BCUT2D eigenvalue weighted by Crippen LogP contribution is -2.42. The molecule has 0 saturated heterocycles. The van der Waals surface area contributed by atoms with Crippen LogP contribution in [0.4, 0.5) is 0 Å². The van der Waals surface area contributed by atoms with Gasteiger partial charge in [0.15, 0.2) is 0 Å². The molecule has 0 aromatic rings. The van der Waals surface area contributed by atoms with E-state index in [-0.39, 0.29) is 0 Å². The molecule has 0 heterocycles. The molecule has 2 aliphatic rings. The van der Waals surface area contributed by atoms with Gasteiger partial charge in [0.2, 0.25) is 0 Å². The first-order chi connectivity index (χ1) is 4.42. The number of fused-ring (bicyclic) bond motifs is 1. The lowest BCUT2D eigenvalue weighted by atomic mass is 9.75. The molecule has 2 aliphatic carbocycles. The van der Waals surface area contributed by atoms with E-state index in [2.05, 4.69) is 5.43 Å². The van der Waals surface area contributed by atoms with Crippen molar-refractivity contribution in [2.45, 2.75) is 31.7 Å². The van der Waals surface area contributed by atoms with Crippen molar-refractivity contribution in [3.63, 3.8) is 0 Å². The fourth-order valence-electron chi connectivity index (χ4n) is 2.30. The van der Waals surface area contributed by atoms with Crippen LogP contribution >= 0.6 is 0 Å². The lowest BCUT2D eigenvalue weighted by molar-refractivity contribution is 0.187. The van der Waals surface area contributed by atoms with Crippen LogP contribution in [0.25, 0.3) is 0 Å². The largest absolute Gasteiger partial charge is 0.271 e. The maximum Gasteiger partial charge on any atom is 0.0241 e. The van der Waals surface area contributed by atoms with Crippen molar-refractivity contribution < 1.29 is 0 Å². The van der Waals surface area contributed by atoms with Crippen LogP contribution in [0.5, 0.6) is 0 Å². The van der Waals surface area contributed by atoms with Gasteiger partial charge in [0.05, 0.1) is 0 Å². The van der Waals surface area contributed by atoms with Gasteiger partial charge in [-0.15, -0.1) is 0 Å². The standard InChI is InChI=1S/C7H14N2/c8-9-7-4-2-5-1-3-6(5)7/h5-7,9H,1-4,8H2. The minimum Gasteiger partial charge on any atom is -0.271 e. The summed E-state index contributed by atoms with van der Waals surface area (Å²) in [5, 5.41) is 0. The quantitative estimate of drug-likeness (QED) is 0.399. The maximum atomic E-state index is 5.37. The van der Waals surface area contributed by atoms with E-state index in [9.17, 15) is 0 Å². The Bertz CT molecular complexity index is 111. The third kappa shape index (κ3) is 0.700. The molecule has 2 heteroatoms. The lowest BCUT2D eigenvalue weighted by Gasteiger charge is -2.33. The van der Waals surface area contributed by atoms with Crippen molar-refractivity contribution in [2.75, 3.05) is 0 Å². The zero-order valence-corrected chi connectivity index (χ0v) is 5.64. The van der Waals surface area contributed by atoms with Gasteiger partial charge in [0, 0.05) is 6.04 Å². The van der Waals surface area contributed by atoms with Crippen molar-refractivity contribution in [1.82, 2.24) is 5.43 Å². The highest BCUT2D eigenvalue weighted by atomic mass is 15.2. The number of nitrogens with one attached hydrogen (secondary N) is 1. The van der Waals surface area contributed by atoms with Gasteiger partial charge in [-0.1, -0.05) is 0 Å². The predicted molar refractivity (Wildman–Crippen MR) is 36.6 cm³/mol. The molecule has 2 fully saturated rings. The van der Waals surface area contributed by atoms with Gasteiger partial charge in [-0.2, -0.15) is 0 Å². The Hall–Kier alpha value is -0.0800. The molecule has 0 aromatic carbocycles. The van der Waals surface area contributed by atoms with E-state index in [0.717, 1.165) is 11.8 Å². The van der Waals surface area contributed by atoms with Crippen LogP contribution in [0, 0.1) is 11.8 Å². The first-order valence-corrected chi connectivity index (χ1v) is 3.88. The molecule has 0 aliphatic heterocycles. The van der Waals surface area contributed by atoms with Gasteiger partial charge < -0.3 is 0 Å². The van der Waals surface area contributed by atoms with E-state index in [4.69, 9.17) is 5.84 Å². The third-order valence-electron chi connectivity index (χ3n) is 3.06. The SMILES string of the molecule is NNC1CCC2CCC21. The third-order valence-corrected chi connectivity index (χ3v) is 3.06. The van der Waals surface area contributed by atoms with Crippen molar-refractivity contribution >= 4 is 0 Å². The molecule has 2 nitrogen and oxygen atoms in total. The van der Waals surface area contributed by atoms with Gasteiger partial charge in [-0.3, -0.25) is 11.3 Å². The molecule has 0 amide bonds. The summed E-state index contributed by atoms with van der Waals surface area (Å²) in [5.74, 6) is 7.34. The van der Waals surface area contributed by atoms with Gasteiger partial charge >= 0.3 is 0 Å². The Morgan fingerprint density at radius 3 is 2.22 bits per heavy atom. The van der Waals surface area contributed by atoms with Crippen LogP contribution in [0.1, 0.15) is 25.7 Å². The number of hydrogen-bond acceptors (Lipinski definition) is 2. The van der Waals surface area contributed by atoms with E-state index in [1.165, 1.54) is 25.7 Å². The molecular formula is C7H14N2. The Kier molecular flexibility index (Phi) is 1.24. The minimum atomic E-state index is 0.656. The Morgan fingerprint density at radius 2 is 1.89 bits per heavy atom. The van der Waals surface area contributed by atoms with Crippen LogP contribution in [0.15, 0.2) is 0 Å². The highest BCUT2D eigenvalue weighted by Crippen LogP contribution is 2.46. The van der Waals surface area contributed by atoms with Crippen LogP contribution in [-0.2, 0) is 0 Å². The van der Waals surface area contributed by atoms with E-state index >= 15 is 0 Å². The molecule has 2 rings (SSSR count). The van der Waals surface area contributed by atoms with Crippen molar-refractivity contribution in [1.29, 1.82) is 0 Å². The zero-order valence-electron chi connectivity index (χ0n) is 5.64. The molecule has 3 N–H and O–H groups in total. The highest BCUT2D eigenvalue weighted by molar-refractivity contribution is 4.94. The predicted octanol–water partition coefficient (Wildman–Crippen LogP) is 0.638. The molecule has 3 atom stereocenters. The first-order valence-electron chi connectivity index (χ1n) is 3.88. The molecule has 3 unspecified atom stereocenters. The minimum absolute atomic E-state index is 0.656. The average molecular weight is 126 g/mol. The summed E-state index contributed by atoms with van der Waals surface area (Å²) in [6.07, 6.45) is 5.60. The summed E-state index contributed by atoms with van der Waals surface area (Å²) >= 11 is 0. The van der Waals surface area contributed by atoms with Gasteiger partial charge in [0.1, 0.15) is 0 Å². The summed E-state index contributed by atoms with van der Waals surface area (Å²) < 4.78 is 0. The zero-order chi connectivity index (χ0) is 6.27. The topological polar surface area (TPSA) is 38.0 Å². The average Bonchev–Trinajstić information content (AvgIpc) is 2.07. The van der Waals surface area contributed by atoms with Crippen LogP contribution < -0.4 is 11.3 Å². The second-order valence-electron chi connectivity index (χ2n) is 3.35. The Balaban J connectivity index is 1.97. The monoisotopic (exact) mass is 126 g/mol. The molecule has 9 heavy (non-hydrogen) atoms. The first kappa shape index (κ1) is 5.69. The molecule has 52 valence electrons. The number of nitrogens with two attached hydrogens (primary N) is 1. The number of hydrogen-bond donors (Lipinski definition) is 2. The molecule has 2 saturated carbocycles. The number of hydrazine groups is 1. The van der Waals surface area contributed by atoms with E-state index in [1.807, 2.05) is 0 Å². The summed E-state index contributed by atoms with van der Waals surface area (Å²) in [7, 11) is 0. The van der Waals surface area contributed by atoms with Gasteiger partial charge in [-0.25, -0.2) is 0 Å². The van der Waals surface area contributed by atoms with Gasteiger partial charge in [-0.05, 0) is 37.5 Å². The summed E-state index contributed by atoms with van der Waals surface area (Å²) in [6.45, 7) is 0. The highest BCUT2D eigenvalue weighted by Gasteiger charge is 2.41. The normalized spacial score (nSPS) is 48.3. The fraction of sp³-hybridized carbons (Fsp3) is 1.00. The summed E-state index contributed by atoms with van der Waals surface area (Å²) in [4.78, 5) is 0. The molecule has 0 spiro atoms. The summed E-state index contributed by atoms with van der Waals surface area (Å²) in [6, 6.07) is 0.656. The molecule has 0 aromatic heterocycles. The van der Waals surface area contributed by atoms with Crippen LogP contribution in [0.3, 0.4) is 0 Å². The van der Waals surface area contributed by atoms with E-state index < -0.39 is 0 Å². The second-order valence-corrected chi connectivity index (χ2v) is 3.35. The number of rotatable bonds is 1. The fourth-order valence-corrected chi connectivity index (χ4v) is 2.30. The van der Waals surface area contributed by atoms with Crippen LogP contribution in [-0.4, -0.2) is 6.04 Å². The summed E-state index contributed by atoms with van der Waals surface area (Å²) in [5.41, 5.74) is 2.90. The van der Waals surface area contributed by atoms with E-state index in [1.54, 1.807) is 0 Å². The van der Waals surface area contributed by atoms with Crippen molar-refractivity contribution in [3.05, 3.63) is 0 Å². The molecule has 0 bridgehead atoms. The second kappa shape index (κ2) is 1.96. The van der Waals surface area contributed by atoms with Crippen molar-refractivity contribution in [2.24, 2.45) is 17.7 Å². The molecule has 0 radical (unpaired) electrons. The van der Waals surface area contributed by atoms with Crippen LogP contribution in [0.2, 0.25) is 0 Å². The Morgan fingerprint density at radius 1 is 1.11 bits per heavy atom. The van der Waals surface area contributed by atoms with E-state index in [0.29, 0.717) is 6.04 Å². The Labute approximate surface area is 55.8 Å². The maximum absolute atomic E-state index is 5.37.